The van der Waals surface area contributed by atoms with Crippen molar-refractivity contribution in [3.05, 3.63) is 28.8 Å². The highest BCUT2D eigenvalue weighted by atomic mass is 35.5. The molecule has 0 fully saturated rings. The van der Waals surface area contributed by atoms with Crippen molar-refractivity contribution in [1.82, 2.24) is 0 Å². The van der Waals surface area contributed by atoms with Gasteiger partial charge in [-0.3, -0.25) is 0 Å². The fourth-order valence-corrected chi connectivity index (χ4v) is 1.74. The Bertz CT molecular complexity index is 327. The molecular weight excluding hydrogens is 210 g/mol. The van der Waals surface area contributed by atoms with Crippen molar-refractivity contribution in [1.29, 1.82) is 0 Å². The van der Waals surface area contributed by atoms with Crippen molar-refractivity contribution in [2.45, 2.75) is 26.3 Å². The molecule has 2 atom stereocenters. The Balaban J connectivity index is 2.92. The molecule has 0 aliphatic heterocycles. The van der Waals surface area contributed by atoms with E-state index in [0.29, 0.717) is 16.7 Å². The van der Waals surface area contributed by atoms with Crippen LogP contribution in [-0.4, -0.2) is 7.11 Å². The Labute approximate surface area is 96.4 Å². The molecule has 1 aromatic carbocycles. The summed E-state index contributed by atoms with van der Waals surface area (Å²) in [5.74, 6) is 1.14. The summed E-state index contributed by atoms with van der Waals surface area (Å²) in [6.07, 6.45) is 1.06. The normalized spacial score (nSPS) is 14.7. The quantitative estimate of drug-likeness (QED) is 0.856. The molecule has 0 saturated carbocycles. The van der Waals surface area contributed by atoms with Crippen LogP contribution >= 0.6 is 11.6 Å². The SMILES string of the molecule is CCC(C)C(N)c1ccc(OC)c(Cl)c1. The van der Waals surface area contributed by atoms with Crippen LogP contribution in [0.2, 0.25) is 5.02 Å². The van der Waals surface area contributed by atoms with Gasteiger partial charge < -0.3 is 10.5 Å². The van der Waals surface area contributed by atoms with Crippen LogP contribution in [0.1, 0.15) is 31.9 Å². The second-order valence-corrected chi connectivity index (χ2v) is 4.21. The number of hydrogen-bond acceptors (Lipinski definition) is 2. The predicted octanol–water partition coefficient (Wildman–Crippen LogP) is 3.39. The highest BCUT2D eigenvalue weighted by molar-refractivity contribution is 6.32. The summed E-state index contributed by atoms with van der Waals surface area (Å²) in [4.78, 5) is 0. The summed E-state index contributed by atoms with van der Waals surface area (Å²) in [7, 11) is 1.61. The van der Waals surface area contributed by atoms with Gasteiger partial charge in [-0.1, -0.05) is 37.9 Å². The van der Waals surface area contributed by atoms with E-state index in [1.807, 2.05) is 18.2 Å². The molecule has 84 valence electrons. The fraction of sp³-hybridized carbons (Fsp3) is 0.500. The van der Waals surface area contributed by atoms with Crippen LogP contribution in [0.3, 0.4) is 0 Å². The van der Waals surface area contributed by atoms with E-state index in [2.05, 4.69) is 13.8 Å². The molecule has 2 N–H and O–H groups in total. The lowest BCUT2D eigenvalue weighted by Gasteiger charge is -2.19. The van der Waals surface area contributed by atoms with Crippen LogP contribution in [0.4, 0.5) is 0 Å². The fourth-order valence-electron chi connectivity index (χ4n) is 1.47. The Morgan fingerprint density at radius 3 is 2.60 bits per heavy atom. The number of benzene rings is 1. The topological polar surface area (TPSA) is 35.2 Å². The van der Waals surface area contributed by atoms with Crippen molar-refractivity contribution >= 4 is 11.6 Å². The van der Waals surface area contributed by atoms with E-state index in [4.69, 9.17) is 22.1 Å². The van der Waals surface area contributed by atoms with E-state index in [-0.39, 0.29) is 6.04 Å². The standard InChI is InChI=1S/C12H18ClNO/c1-4-8(2)12(14)9-5-6-11(15-3)10(13)7-9/h5-8,12H,4,14H2,1-3H3. The molecule has 0 bridgehead atoms. The van der Waals surface area contributed by atoms with E-state index in [0.717, 1.165) is 12.0 Å². The van der Waals surface area contributed by atoms with Crippen molar-refractivity contribution in [2.24, 2.45) is 11.7 Å². The Morgan fingerprint density at radius 1 is 1.47 bits per heavy atom. The zero-order chi connectivity index (χ0) is 11.4. The van der Waals surface area contributed by atoms with Gasteiger partial charge in [0.1, 0.15) is 5.75 Å². The highest BCUT2D eigenvalue weighted by Gasteiger charge is 2.14. The molecule has 0 heterocycles. The Morgan fingerprint density at radius 2 is 2.13 bits per heavy atom. The van der Waals surface area contributed by atoms with Crippen LogP contribution in [-0.2, 0) is 0 Å². The third-order valence-corrected chi connectivity index (χ3v) is 3.11. The molecule has 2 unspecified atom stereocenters. The van der Waals surface area contributed by atoms with Gasteiger partial charge in [-0.2, -0.15) is 0 Å². The predicted molar refractivity (Wildman–Crippen MR) is 64.4 cm³/mol. The molecule has 0 aliphatic rings. The van der Waals surface area contributed by atoms with Crippen LogP contribution in [0.15, 0.2) is 18.2 Å². The van der Waals surface area contributed by atoms with E-state index in [9.17, 15) is 0 Å². The first-order chi connectivity index (χ1) is 7.10. The first-order valence-electron chi connectivity index (χ1n) is 5.19. The summed E-state index contributed by atoms with van der Waals surface area (Å²) >= 11 is 6.04. The van der Waals surface area contributed by atoms with Gasteiger partial charge in [0.15, 0.2) is 0 Å². The van der Waals surface area contributed by atoms with E-state index in [1.165, 1.54) is 0 Å². The van der Waals surface area contributed by atoms with Gasteiger partial charge in [-0.05, 0) is 23.6 Å². The maximum absolute atomic E-state index is 6.11. The largest absolute Gasteiger partial charge is 0.495 e. The summed E-state index contributed by atoms with van der Waals surface area (Å²) in [6.45, 7) is 4.28. The van der Waals surface area contributed by atoms with Gasteiger partial charge in [0, 0.05) is 6.04 Å². The zero-order valence-electron chi connectivity index (χ0n) is 9.46. The minimum absolute atomic E-state index is 0.0402. The smallest absolute Gasteiger partial charge is 0.137 e. The maximum Gasteiger partial charge on any atom is 0.137 e. The minimum atomic E-state index is 0.0402. The van der Waals surface area contributed by atoms with E-state index >= 15 is 0 Å². The number of nitrogens with two attached hydrogens (primary N) is 1. The summed E-state index contributed by atoms with van der Waals surface area (Å²) < 4.78 is 5.09. The van der Waals surface area contributed by atoms with Crippen molar-refractivity contribution in [3.8, 4) is 5.75 Å². The molecule has 0 amide bonds. The average molecular weight is 228 g/mol. The molecule has 3 heteroatoms. The second-order valence-electron chi connectivity index (χ2n) is 3.81. The minimum Gasteiger partial charge on any atom is -0.495 e. The van der Waals surface area contributed by atoms with Crippen molar-refractivity contribution < 1.29 is 4.74 Å². The number of ether oxygens (including phenoxy) is 1. The second kappa shape index (κ2) is 5.38. The third kappa shape index (κ3) is 2.86. The van der Waals surface area contributed by atoms with Gasteiger partial charge in [-0.15, -0.1) is 0 Å². The molecule has 0 spiro atoms. The van der Waals surface area contributed by atoms with Gasteiger partial charge in [-0.25, -0.2) is 0 Å². The number of halogens is 1. The highest BCUT2D eigenvalue weighted by Crippen LogP contribution is 2.29. The van der Waals surface area contributed by atoms with Crippen LogP contribution in [0.25, 0.3) is 0 Å². The Kier molecular flexibility index (Phi) is 4.43. The monoisotopic (exact) mass is 227 g/mol. The Hall–Kier alpha value is -0.730. The third-order valence-electron chi connectivity index (χ3n) is 2.82. The van der Waals surface area contributed by atoms with Gasteiger partial charge >= 0.3 is 0 Å². The van der Waals surface area contributed by atoms with Crippen LogP contribution < -0.4 is 10.5 Å². The first kappa shape index (κ1) is 12.3. The zero-order valence-corrected chi connectivity index (χ0v) is 10.2. The number of hydrogen-bond donors (Lipinski definition) is 1. The van der Waals surface area contributed by atoms with E-state index < -0.39 is 0 Å². The summed E-state index contributed by atoms with van der Waals surface area (Å²) in [6, 6.07) is 5.76. The van der Waals surface area contributed by atoms with Gasteiger partial charge in [0.25, 0.3) is 0 Å². The van der Waals surface area contributed by atoms with E-state index in [1.54, 1.807) is 7.11 Å². The maximum atomic E-state index is 6.11. The number of rotatable bonds is 4. The van der Waals surface area contributed by atoms with Gasteiger partial charge in [0.2, 0.25) is 0 Å². The van der Waals surface area contributed by atoms with Crippen molar-refractivity contribution in [3.63, 3.8) is 0 Å². The lowest BCUT2D eigenvalue weighted by molar-refractivity contribution is 0.413. The van der Waals surface area contributed by atoms with Crippen LogP contribution in [0, 0.1) is 5.92 Å². The molecule has 0 aromatic heterocycles. The molecule has 0 aliphatic carbocycles. The average Bonchev–Trinajstić information content (AvgIpc) is 2.26. The molecule has 0 radical (unpaired) electrons. The molecule has 1 rings (SSSR count). The van der Waals surface area contributed by atoms with Gasteiger partial charge in [0.05, 0.1) is 12.1 Å². The molecule has 15 heavy (non-hydrogen) atoms. The molecule has 1 aromatic rings. The lowest BCUT2D eigenvalue weighted by atomic mass is 9.93. The summed E-state index contributed by atoms with van der Waals surface area (Å²) in [5.41, 5.74) is 7.17. The lowest BCUT2D eigenvalue weighted by Crippen LogP contribution is -2.18. The van der Waals surface area contributed by atoms with Crippen molar-refractivity contribution in [2.75, 3.05) is 7.11 Å². The van der Waals surface area contributed by atoms with Crippen LogP contribution in [0.5, 0.6) is 5.75 Å². The summed E-state index contributed by atoms with van der Waals surface area (Å²) in [5, 5.41) is 0.619. The first-order valence-corrected chi connectivity index (χ1v) is 5.57. The number of methoxy groups -OCH3 is 1. The molecule has 0 saturated heterocycles. The molecule has 2 nitrogen and oxygen atoms in total. The molecular formula is C12H18ClNO.